The van der Waals surface area contributed by atoms with Crippen LogP contribution in [0, 0.1) is 0 Å². The molecule has 148 valence electrons. The molecule has 0 bridgehead atoms. The van der Waals surface area contributed by atoms with Gasteiger partial charge in [0.15, 0.2) is 0 Å². The highest BCUT2D eigenvalue weighted by Gasteiger charge is 2.13. The Balaban J connectivity index is 2.08. The van der Waals surface area contributed by atoms with Crippen LogP contribution >= 0.6 is 0 Å². The monoisotopic (exact) mass is 381 g/mol. The summed E-state index contributed by atoms with van der Waals surface area (Å²) in [5.74, 6) is -1.72. The normalized spacial score (nSPS) is 10.4. The van der Waals surface area contributed by atoms with E-state index in [4.69, 9.17) is 0 Å². The van der Waals surface area contributed by atoms with Gasteiger partial charge in [-0.3, -0.25) is 9.59 Å². The molecule has 0 aromatic heterocycles. The number of amides is 2. The summed E-state index contributed by atoms with van der Waals surface area (Å²) in [6, 6.07) is 12.6. The Labute approximate surface area is 165 Å². The van der Waals surface area contributed by atoms with Crippen molar-refractivity contribution in [1.29, 1.82) is 0 Å². The lowest BCUT2D eigenvalue weighted by Crippen LogP contribution is -2.22. The Morgan fingerprint density at radius 3 is 2.14 bits per heavy atom. The van der Waals surface area contributed by atoms with Crippen molar-refractivity contribution in [1.82, 2.24) is 0 Å². The molecule has 0 aliphatic rings. The molecule has 0 atom stereocenters. The molecular formula is C22H25N2O4-. The number of aryl methyl sites for hydroxylation is 2. The number of para-hydroxylation sites is 1. The Bertz CT molecular complexity index is 839. The van der Waals surface area contributed by atoms with E-state index in [1.807, 2.05) is 32.0 Å². The van der Waals surface area contributed by atoms with Crippen LogP contribution in [0.5, 0.6) is 0 Å². The van der Waals surface area contributed by atoms with Crippen LogP contribution in [-0.2, 0) is 22.4 Å². The van der Waals surface area contributed by atoms with E-state index in [0.29, 0.717) is 11.3 Å². The van der Waals surface area contributed by atoms with Crippen LogP contribution in [0.3, 0.4) is 0 Å². The number of benzene rings is 2. The predicted octanol–water partition coefficient (Wildman–Crippen LogP) is 2.92. The maximum absolute atomic E-state index is 12.7. The van der Waals surface area contributed by atoms with Crippen molar-refractivity contribution in [3.63, 3.8) is 0 Å². The number of rotatable bonds is 9. The first kappa shape index (κ1) is 21.2. The number of carbonyl (C=O) groups excluding carboxylic acids is 3. The molecule has 2 aromatic rings. The highest BCUT2D eigenvalue weighted by molar-refractivity contribution is 6.06. The van der Waals surface area contributed by atoms with Crippen molar-refractivity contribution < 1.29 is 19.5 Å². The van der Waals surface area contributed by atoms with E-state index < -0.39 is 5.97 Å². The van der Waals surface area contributed by atoms with E-state index in [1.165, 1.54) is 0 Å². The SMILES string of the molecule is CCc1cccc(CC)c1NC(=O)c1cccc(NC(=O)CCCC(=O)[O-])c1. The second-order valence-corrected chi connectivity index (χ2v) is 6.47. The molecule has 0 aliphatic carbocycles. The molecule has 0 spiro atoms. The largest absolute Gasteiger partial charge is 0.550 e. The molecule has 0 fully saturated rings. The topological polar surface area (TPSA) is 98.3 Å². The van der Waals surface area contributed by atoms with Crippen LogP contribution in [0.2, 0.25) is 0 Å². The van der Waals surface area contributed by atoms with E-state index in [2.05, 4.69) is 10.6 Å². The first-order valence-corrected chi connectivity index (χ1v) is 9.46. The van der Waals surface area contributed by atoms with E-state index in [9.17, 15) is 19.5 Å². The Kier molecular flexibility index (Phi) is 7.75. The third-order valence-electron chi connectivity index (χ3n) is 4.43. The van der Waals surface area contributed by atoms with E-state index in [-0.39, 0.29) is 31.1 Å². The standard InChI is InChI=1S/C22H26N2O4/c1-3-15-8-5-9-16(4-2)21(15)24-22(28)17-10-6-11-18(14-17)23-19(25)12-7-13-20(26)27/h5-6,8-11,14H,3-4,7,12-13H2,1-2H3,(H,23,25)(H,24,28)(H,26,27)/p-1. The summed E-state index contributed by atoms with van der Waals surface area (Å²) in [6.45, 7) is 4.09. The van der Waals surface area contributed by atoms with E-state index in [1.54, 1.807) is 24.3 Å². The number of carbonyl (C=O) groups is 3. The molecule has 0 saturated carbocycles. The smallest absolute Gasteiger partial charge is 0.255 e. The molecule has 2 amide bonds. The zero-order valence-corrected chi connectivity index (χ0v) is 16.2. The first-order valence-electron chi connectivity index (χ1n) is 9.46. The summed E-state index contributed by atoms with van der Waals surface area (Å²) in [6.07, 6.45) is 1.75. The van der Waals surface area contributed by atoms with Gasteiger partial charge in [-0.2, -0.15) is 0 Å². The number of carboxylic acids is 1. The average Bonchev–Trinajstić information content (AvgIpc) is 2.68. The van der Waals surface area contributed by atoms with Gasteiger partial charge in [-0.05, 0) is 55.0 Å². The molecule has 0 heterocycles. The van der Waals surface area contributed by atoms with Crippen molar-refractivity contribution in [2.45, 2.75) is 46.0 Å². The molecule has 2 rings (SSSR count). The van der Waals surface area contributed by atoms with Crippen molar-refractivity contribution in [2.24, 2.45) is 0 Å². The van der Waals surface area contributed by atoms with Gasteiger partial charge in [0.05, 0.1) is 0 Å². The van der Waals surface area contributed by atoms with Gasteiger partial charge in [0.25, 0.3) is 5.91 Å². The molecule has 0 aliphatic heterocycles. The highest BCUT2D eigenvalue weighted by atomic mass is 16.4. The number of nitrogens with one attached hydrogen (secondary N) is 2. The summed E-state index contributed by atoms with van der Waals surface area (Å²) in [4.78, 5) is 35.1. The van der Waals surface area contributed by atoms with Crippen molar-refractivity contribution in [2.75, 3.05) is 10.6 Å². The zero-order chi connectivity index (χ0) is 20.5. The summed E-state index contributed by atoms with van der Waals surface area (Å²) in [5.41, 5.74) is 3.91. The van der Waals surface area contributed by atoms with Gasteiger partial charge >= 0.3 is 0 Å². The minimum Gasteiger partial charge on any atom is -0.550 e. The number of hydrogen-bond donors (Lipinski definition) is 2. The van der Waals surface area contributed by atoms with Crippen LogP contribution in [0.1, 0.15) is 54.6 Å². The van der Waals surface area contributed by atoms with Crippen LogP contribution in [-0.4, -0.2) is 17.8 Å². The second-order valence-electron chi connectivity index (χ2n) is 6.47. The van der Waals surface area contributed by atoms with E-state index >= 15 is 0 Å². The summed E-state index contributed by atoms with van der Waals surface area (Å²) < 4.78 is 0. The van der Waals surface area contributed by atoms with Gasteiger partial charge < -0.3 is 20.5 Å². The molecule has 6 heteroatoms. The van der Waals surface area contributed by atoms with Crippen LogP contribution in [0.15, 0.2) is 42.5 Å². The lowest BCUT2D eigenvalue weighted by molar-refractivity contribution is -0.305. The zero-order valence-electron chi connectivity index (χ0n) is 16.2. The highest BCUT2D eigenvalue weighted by Crippen LogP contribution is 2.23. The fraction of sp³-hybridized carbons (Fsp3) is 0.318. The Hall–Kier alpha value is -3.15. The molecule has 0 radical (unpaired) electrons. The maximum atomic E-state index is 12.7. The van der Waals surface area contributed by atoms with Crippen LogP contribution in [0.4, 0.5) is 11.4 Å². The van der Waals surface area contributed by atoms with Crippen molar-refractivity contribution >= 4 is 29.2 Å². The van der Waals surface area contributed by atoms with Gasteiger partial charge in [0.2, 0.25) is 5.91 Å². The summed E-state index contributed by atoms with van der Waals surface area (Å²) in [5, 5.41) is 16.1. The van der Waals surface area contributed by atoms with Gasteiger partial charge in [-0.15, -0.1) is 0 Å². The number of aliphatic carboxylic acids is 1. The van der Waals surface area contributed by atoms with Crippen molar-refractivity contribution in [3.05, 3.63) is 59.2 Å². The second kappa shape index (κ2) is 10.3. The van der Waals surface area contributed by atoms with Crippen LogP contribution < -0.4 is 15.7 Å². The molecule has 6 nitrogen and oxygen atoms in total. The molecule has 0 unspecified atom stereocenters. The molecule has 2 N–H and O–H groups in total. The predicted molar refractivity (Wildman–Crippen MR) is 107 cm³/mol. The lowest BCUT2D eigenvalue weighted by atomic mass is 10.0. The third-order valence-corrected chi connectivity index (χ3v) is 4.43. The van der Waals surface area contributed by atoms with Crippen LogP contribution in [0.25, 0.3) is 0 Å². The lowest BCUT2D eigenvalue weighted by Gasteiger charge is -2.15. The molecule has 2 aromatic carbocycles. The minimum atomic E-state index is -1.18. The number of hydrogen-bond acceptors (Lipinski definition) is 4. The van der Waals surface area contributed by atoms with E-state index in [0.717, 1.165) is 29.7 Å². The number of carboxylic acid groups (broad SMARTS) is 1. The van der Waals surface area contributed by atoms with Gasteiger partial charge in [-0.25, -0.2) is 0 Å². The fourth-order valence-corrected chi connectivity index (χ4v) is 2.94. The quantitative estimate of drug-likeness (QED) is 0.698. The Morgan fingerprint density at radius 1 is 0.893 bits per heavy atom. The molecular weight excluding hydrogens is 356 g/mol. The van der Waals surface area contributed by atoms with Gasteiger partial charge in [0.1, 0.15) is 0 Å². The minimum absolute atomic E-state index is 0.0775. The molecule has 0 saturated heterocycles. The number of anilines is 2. The Morgan fingerprint density at radius 2 is 1.54 bits per heavy atom. The van der Waals surface area contributed by atoms with Gasteiger partial charge in [0, 0.05) is 29.3 Å². The fourth-order valence-electron chi connectivity index (χ4n) is 2.94. The average molecular weight is 381 g/mol. The van der Waals surface area contributed by atoms with Gasteiger partial charge in [-0.1, -0.05) is 38.1 Å². The summed E-state index contributed by atoms with van der Waals surface area (Å²) >= 11 is 0. The first-order chi connectivity index (χ1) is 13.4. The van der Waals surface area contributed by atoms with Crippen molar-refractivity contribution in [3.8, 4) is 0 Å². The third kappa shape index (κ3) is 5.94. The molecule has 28 heavy (non-hydrogen) atoms. The maximum Gasteiger partial charge on any atom is 0.255 e. The summed E-state index contributed by atoms with van der Waals surface area (Å²) in [7, 11) is 0.